The Balaban J connectivity index is 1.88. The molecule has 0 aromatic carbocycles. The van der Waals surface area contributed by atoms with Crippen LogP contribution in [0.5, 0.6) is 0 Å². The Morgan fingerprint density at radius 3 is 3.00 bits per heavy atom. The van der Waals surface area contributed by atoms with Gasteiger partial charge in [0, 0.05) is 11.1 Å². The molecule has 0 spiro atoms. The molecule has 0 aliphatic heterocycles. The lowest BCUT2D eigenvalue weighted by atomic mass is 10.1. The zero-order valence-corrected chi connectivity index (χ0v) is 9.93. The molecule has 1 fully saturated rings. The second-order valence-electron chi connectivity index (χ2n) is 3.95. The number of aryl methyl sites for hydroxylation is 1. The maximum absolute atomic E-state index is 11.7. The van der Waals surface area contributed by atoms with Crippen LogP contribution in [0.15, 0.2) is 6.20 Å². The maximum atomic E-state index is 11.7. The Morgan fingerprint density at radius 2 is 2.50 bits per heavy atom. The number of thiazole rings is 1. The molecular weight excluding hydrogens is 222 g/mol. The van der Waals surface area contributed by atoms with E-state index in [4.69, 9.17) is 5.26 Å². The monoisotopic (exact) mass is 235 g/mol. The summed E-state index contributed by atoms with van der Waals surface area (Å²) in [4.78, 5) is 17.1. The van der Waals surface area contributed by atoms with Crippen molar-refractivity contribution in [1.29, 1.82) is 5.26 Å². The van der Waals surface area contributed by atoms with E-state index >= 15 is 0 Å². The number of aromatic nitrogens is 1. The minimum atomic E-state index is -0.731. The normalized spacial score (nSPS) is 16.5. The van der Waals surface area contributed by atoms with Gasteiger partial charge in [0.25, 0.3) is 0 Å². The molecule has 1 heterocycles. The molecule has 5 heteroatoms. The Kier molecular flexibility index (Phi) is 2.92. The fraction of sp³-hybridized carbons (Fsp3) is 0.545. The second-order valence-corrected chi connectivity index (χ2v) is 5.15. The van der Waals surface area contributed by atoms with Gasteiger partial charge in [0.1, 0.15) is 10.4 Å². The van der Waals surface area contributed by atoms with Crippen LogP contribution in [0.25, 0.3) is 0 Å². The highest BCUT2D eigenvalue weighted by Crippen LogP contribution is 2.45. The number of nitrogens with zero attached hydrogens (tertiary/aromatic N) is 2. The lowest BCUT2D eigenvalue weighted by molar-refractivity contribution is -0.124. The van der Waals surface area contributed by atoms with Crippen LogP contribution in [0.1, 0.15) is 29.7 Å². The zero-order chi connectivity index (χ0) is 11.6. The molecule has 4 nitrogen and oxygen atoms in total. The van der Waals surface area contributed by atoms with E-state index in [2.05, 4.69) is 23.3 Å². The van der Waals surface area contributed by atoms with Gasteiger partial charge in [-0.2, -0.15) is 5.26 Å². The summed E-state index contributed by atoms with van der Waals surface area (Å²) in [6.45, 7) is 2.51. The van der Waals surface area contributed by atoms with Gasteiger partial charge in [-0.3, -0.25) is 4.79 Å². The lowest BCUT2D eigenvalue weighted by Crippen LogP contribution is -2.30. The first-order valence-corrected chi connectivity index (χ1v) is 6.15. The van der Waals surface area contributed by atoms with Gasteiger partial charge in [-0.25, -0.2) is 4.98 Å². The van der Waals surface area contributed by atoms with Crippen LogP contribution in [-0.2, 0) is 17.8 Å². The summed E-state index contributed by atoms with van der Waals surface area (Å²) in [5.74, 6) is -0.150. The molecule has 0 saturated heterocycles. The third kappa shape index (κ3) is 2.07. The highest BCUT2D eigenvalue weighted by Gasteiger charge is 2.50. The van der Waals surface area contributed by atoms with E-state index in [1.165, 1.54) is 4.88 Å². The number of nitrogens with one attached hydrogen (secondary N) is 1. The molecule has 1 aliphatic rings. The molecule has 1 aliphatic carbocycles. The molecule has 0 bridgehead atoms. The molecule has 0 radical (unpaired) electrons. The van der Waals surface area contributed by atoms with Crippen LogP contribution < -0.4 is 5.32 Å². The Hall–Kier alpha value is -1.41. The van der Waals surface area contributed by atoms with Crippen molar-refractivity contribution in [3.05, 3.63) is 16.1 Å². The first kappa shape index (κ1) is 11.1. The largest absolute Gasteiger partial charge is 0.348 e. The van der Waals surface area contributed by atoms with E-state index in [9.17, 15) is 4.79 Å². The van der Waals surface area contributed by atoms with Crippen molar-refractivity contribution in [3.8, 4) is 6.07 Å². The molecule has 1 N–H and O–H groups in total. The van der Waals surface area contributed by atoms with E-state index in [1.54, 1.807) is 11.3 Å². The number of rotatable bonds is 4. The molecule has 0 unspecified atom stereocenters. The van der Waals surface area contributed by atoms with Crippen LogP contribution in [0.4, 0.5) is 0 Å². The quantitative estimate of drug-likeness (QED) is 0.862. The molecule has 1 aromatic rings. The number of hydrogen-bond donors (Lipinski definition) is 1. The third-order valence-electron chi connectivity index (χ3n) is 2.75. The standard InChI is InChI=1S/C11H13N3OS/c1-2-8-5-13-9(16-8)6-14-10(15)11(7-12)3-4-11/h5H,2-4,6H2,1H3,(H,14,15). The van der Waals surface area contributed by atoms with Crippen LogP contribution in [0.2, 0.25) is 0 Å². The van der Waals surface area contributed by atoms with Gasteiger partial charge in [-0.15, -0.1) is 11.3 Å². The van der Waals surface area contributed by atoms with Crippen molar-refractivity contribution < 1.29 is 4.79 Å². The topological polar surface area (TPSA) is 65.8 Å². The number of nitriles is 1. The van der Waals surface area contributed by atoms with Crippen LogP contribution >= 0.6 is 11.3 Å². The highest BCUT2D eigenvalue weighted by atomic mass is 32.1. The summed E-state index contributed by atoms with van der Waals surface area (Å²) in [7, 11) is 0. The van der Waals surface area contributed by atoms with Gasteiger partial charge in [0.05, 0.1) is 12.6 Å². The van der Waals surface area contributed by atoms with Crippen molar-refractivity contribution >= 4 is 17.2 Å². The SMILES string of the molecule is CCc1cnc(CNC(=O)C2(C#N)CC2)s1. The smallest absolute Gasteiger partial charge is 0.240 e. The van der Waals surface area contributed by atoms with Gasteiger partial charge < -0.3 is 5.32 Å². The first-order chi connectivity index (χ1) is 7.70. The zero-order valence-electron chi connectivity index (χ0n) is 9.12. The lowest BCUT2D eigenvalue weighted by Gasteiger charge is -2.05. The highest BCUT2D eigenvalue weighted by molar-refractivity contribution is 7.11. The van der Waals surface area contributed by atoms with Gasteiger partial charge in [0.2, 0.25) is 5.91 Å². The average molecular weight is 235 g/mol. The number of carbonyl (C=O) groups is 1. The summed E-state index contributed by atoms with van der Waals surface area (Å²) in [6, 6.07) is 2.08. The van der Waals surface area contributed by atoms with Crippen molar-refractivity contribution in [2.45, 2.75) is 32.7 Å². The Morgan fingerprint density at radius 1 is 1.75 bits per heavy atom. The van der Waals surface area contributed by atoms with Gasteiger partial charge >= 0.3 is 0 Å². The molecule has 1 saturated carbocycles. The van der Waals surface area contributed by atoms with Crippen molar-refractivity contribution in [2.75, 3.05) is 0 Å². The number of amides is 1. The van der Waals surface area contributed by atoms with Crippen molar-refractivity contribution in [3.63, 3.8) is 0 Å². The summed E-state index contributed by atoms with van der Waals surface area (Å²) in [6.07, 6.45) is 4.18. The number of carbonyl (C=O) groups excluding carboxylic acids is 1. The van der Waals surface area contributed by atoms with E-state index in [1.807, 2.05) is 6.20 Å². The first-order valence-electron chi connectivity index (χ1n) is 5.33. The maximum Gasteiger partial charge on any atom is 0.240 e. The number of hydrogen-bond acceptors (Lipinski definition) is 4. The minimum Gasteiger partial charge on any atom is -0.348 e. The third-order valence-corrected chi connectivity index (χ3v) is 3.89. The minimum absolute atomic E-state index is 0.150. The molecule has 0 atom stereocenters. The van der Waals surface area contributed by atoms with Gasteiger partial charge in [-0.1, -0.05) is 6.92 Å². The molecule has 84 valence electrons. The summed E-state index contributed by atoms with van der Waals surface area (Å²) < 4.78 is 0. The fourth-order valence-electron chi connectivity index (χ4n) is 1.43. The van der Waals surface area contributed by atoms with Gasteiger partial charge in [0.15, 0.2) is 0 Å². The van der Waals surface area contributed by atoms with E-state index in [-0.39, 0.29) is 5.91 Å². The predicted octanol–water partition coefficient (Wildman–Crippen LogP) is 1.63. The second kappa shape index (κ2) is 4.22. The van der Waals surface area contributed by atoms with Gasteiger partial charge in [-0.05, 0) is 19.3 Å². The molecule has 2 rings (SSSR count). The Bertz CT molecular complexity index is 442. The summed E-state index contributed by atoms with van der Waals surface area (Å²) in [5, 5.41) is 12.5. The van der Waals surface area contributed by atoms with Crippen molar-refractivity contribution in [2.24, 2.45) is 5.41 Å². The summed E-state index contributed by atoms with van der Waals surface area (Å²) >= 11 is 1.60. The van der Waals surface area contributed by atoms with Crippen LogP contribution in [-0.4, -0.2) is 10.9 Å². The van der Waals surface area contributed by atoms with E-state index < -0.39 is 5.41 Å². The van der Waals surface area contributed by atoms with Crippen molar-refractivity contribution in [1.82, 2.24) is 10.3 Å². The predicted molar refractivity (Wildman–Crippen MR) is 60.6 cm³/mol. The van der Waals surface area contributed by atoms with E-state index in [0.717, 1.165) is 11.4 Å². The fourth-order valence-corrected chi connectivity index (χ4v) is 2.24. The molecular formula is C11H13N3OS. The molecule has 16 heavy (non-hydrogen) atoms. The average Bonchev–Trinajstić information content (AvgIpc) is 2.98. The van der Waals surface area contributed by atoms with E-state index in [0.29, 0.717) is 19.4 Å². The van der Waals surface area contributed by atoms with Crippen LogP contribution in [0.3, 0.4) is 0 Å². The Labute approximate surface area is 98.3 Å². The van der Waals surface area contributed by atoms with Crippen LogP contribution in [0, 0.1) is 16.7 Å². The summed E-state index contributed by atoms with van der Waals surface area (Å²) in [5.41, 5.74) is -0.731. The molecule has 1 aromatic heterocycles. The molecule has 1 amide bonds.